The summed E-state index contributed by atoms with van der Waals surface area (Å²) in [7, 11) is -1.21. The molecule has 0 unspecified atom stereocenters. The van der Waals surface area contributed by atoms with Gasteiger partial charge in [0.15, 0.2) is 0 Å². The van der Waals surface area contributed by atoms with Crippen molar-refractivity contribution in [2.45, 2.75) is 24.8 Å². The molecule has 0 radical (unpaired) electrons. The number of rotatable bonds is 6. The van der Waals surface area contributed by atoms with Gasteiger partial charge in [0.2, 0.25) is 10.0 Å². The smallest absolute Gasteiger partial charge is 0.324 e. The van der Waals surface area contributed by atoms with Crippen LogP contribution in [0.3, 0.4) is 0 Å². The van der Waals surface area contributed by atoms with Gasteiger partial charge in [0.1, 0.15) is 6.04 Å². The summed E-state index contributed by atoms with van der Waals surface area (Å²) in [5.74, 6) is -1.24. The molecule has 1 atom stereocenters. The number of hydrogen-bond acceptors (Lipinski definition) is 5. The SMILES string of the molecule is CNC(=O)c1ccc(S(=O)(=O)N[C@H](C(=O)OC)C(C)C)cc1. The van der Waals surface area contributed by atoms with Gasteiger partial charge in [0.25, 0.3) is 5.91 Å². The van der Waals surface area contributed by atoms with Crippen molar-refractivity contribution >= 4 is 21.9 Å². The average Bonchev–Trinajstić information content (AvgIpc) is 2.51. The molecule has 0 aromatic heterocycles. The van der Waals surface area contributed by atoms with Crippen LogP contribution in [-0.4, -0.2) is 40.5 Å². The first-order chi connectivity index (χ1) is 10.2. The van der Waals surface area contributed by atoms with Gasteiger partial charge in [-0.25, -0.2) is 8.42 Å². The third-order valence-electron chi connectivity index (χ3n) is 3.06. The molecule has 0 fully saturated rings. The lowest BCUT2D eigenvalue weighted by molar-refractivity contribution is -0.143. The molecule has 0 bridgehead atoms. The minimum atomic E-state index is -3.89. The minimum Gasteiger partial charge on any atom is -0.468 e. The van der Waals surface area contributed by atoms with E-state index in [0.29, 0.717) is 5.56 Å². The lowest BCUT2D eigenvalue weighted by atomic mass is 10.1. The van der Waals surface area contributed by atoms with Crippen LogP contribution >= 0.6 is 0 Å². The molecule has 0 saturated carbocycles. The maximum atomic E-state index is 12.3. The summed E-state index contributed by atoms with van der Waals surface area (Å²) < 4.78 is 31.5. The molecule has 0 spiro atoms. The molecule has 8 heteroatoms. The fraction of sp³-hybridized carbons (Fsp3) is 0.429. The Labute approximate surface area is 130 Å². The molecular formula is C14H20N2O5S. The molecule has 1 aromatic carbocycles. The van der Waals surface area contributed by atoms with Gasteiger partial charge in [-0.2, -0.15) is 4.72 Å². The maximum Gasteiger partial charge on any atom is 0.324 e. The van der Waals surface area contributed by atoms with E-state index in [0.717, 1.165) is 0 Å². The number of carbonyl (C=O) groups excluding carboxylic acids is 2. The van der Waals surface area contributed by atoms with E-state index in [2.05, 4.69) is 14.8 Å². The van der Waals surface area contributed by atoms with Gasteiger partial charge >= 0.3 is 5.97 Å². The summed E-state index contributed by atoms with van der Waals surface area (Å²) in [6.45, 7) is 3.41. The Kier molecular flexibility index (Phi) is 6.07. The monoisotopic (exact) mass is 328 g/mol. The van der Waals surface area contributed by atoms with E-state index in [-0.39, 0.29) is 16.7 Å². The summed E-state index contributed by atoms with van der Waals surface area (Å²) >= 11 is 0. The van der Waals surface area contributed by atoms with Crippen molar-refractivity contribution < 1.29 is 22.7 Å². The molecule has 1 amide bonds. The number of sulfonamides is 1. The van der Waals surface area contributed by atoms with Crippen LogP contribution in [0, 0.1) is 5.92 Å². The van der Waals surface area contributed by atoms with Gasteiger partial charge in [-0.15, -0.1) is 0 Å². The minimum absolute atomic E-state index is 0.0327. The molecule has 2 N–H and O–H groups in total. The van der Waals surface area contributed by atoms with E-state index >= 15 is 0 Å². The fourth-order valence-corrected chi connectivity index (χ4v) is 3.08. The quantitative estimate of drug-likeness (QED) is 0.741. The van der Waals surface area contributed by atoms with E-state index in [1.807, 2.05) is 0 Å². The fourth-order valence-electron chi connectivity index (χ4n) is 1.75. The summed E-state index contributed by atoms with van der Waals surface area (Å²) in [5.41, 5.74) is 0.342. The number of hydrogen-bond donors (Lipinski definition) is 2. The Bertz CT molecular complexity index is 638. The average molecular weight is 328 g/mol. The summed E-state index contributed by atoms with van der Waals surface area (Å²) in [4.78, 5) is 23.0. The van der Waals surface area contributed by atoms with Crippen molar-refractivity contribution in [2.24, 2.45) is 5.92 Å². The third-order valence-corrected chi connectivity index (χ3v) is 4.51. The summed E-state index contributed by atoms with van der Waals surface area (Å²) in [6, 6.07) is 4.43. The third kappa shape index (κ3) is 4.28. The van der Waals surface area contributed by atoms with E-state index in [4.69, 9.17) is 0 Å². The van der Waals surface area contributed by atoms with Gasteiger partial charge in [-0.1, -0.05) is 13.8 Å². The molecule has 1 rings (SSSR count). The zero-order valence-electron chi connectivity index (χ0n) is 12.9. The number of benzene rings is 1. The van der Waals surface area contributed by atoms with Crippen LogP contribution in [0.25, 0.3) is 0 Å². The Hall–Kier alpha value is -1.93. The first-order valence-corrected chi connectivity index (χ1v) is 8.13. The molecule has 0 aliphatic carbocycles. The van der Waals surface area contributed by atoms with Crippen LogP contribution in [0.2, 0.25) is 0 Å². The molecule has 0 aliphatic heterocycles. The zero-order valence-corrected chi connectivity index (χ0v) is 13.7. The molecule has 0 saturated heterocycles. The van der Waals surface area contributed by atoms with Gasteiger partial charge < -0.3 is 10.1 Å². The van der Waals surface area contributed by atoms with Crippen molar-refractivity contribution in [3.05, 3.63) is 29.8 Å². The molecule has 0 aliphatic rings. The molecule has 122 valence electrons. The number of amides is 1. The number of methoxy groups -OCH3 is 1. The van der Waals surface area contributed by atoms with Gasteiger partial charge in [-0.3, -0.25) is 9.59 Å². The highest BCUT2D eigenvalue weighted by Gasteiger charge is 2.29. The predicted molar refractivity (Wildman–Crippen MR) is 80.8 cm³/mol. The van der Waals surface area contributed by atoms with Crippen LogP contribution in [0.1, 0.15) is 24.2 Å². The second-order valence-corrected chi connectivity index (χ2v) is 6.68. The number of esters is 1. The van der Waals surface area contributed by atoms with Gasteiger partial charge in [-0.05, 0) is 30.2 Å². The van der Waals surface area contributed by atoms with Crippen molar-refractivity contribution in [1.82, 2.24) is 10.0 Å². The topological polar surface area (TPSA) is 102 Å². The van der Waals surface area contributed by atoms with Crippen LogP contribution in [-0.2, 0) is 19.6 Å². The largest absolute Gasteiger partial charge is 0.468 e. The standard InChI is InChI=1S/C14H20N2O5S/c1-9(2)12(14(18)21-4)16-22(19,20)11-7-5-10(6-8-11)13(17)15-3/h5-9,12,16H,1-4H3,(H,15,17)/t12-/m0/s1. The van der Waals surface area contributed by atoms with Gasteiger partial charge in [0, 0.05) is 12.6 Å². The Morgan fingerprint density at radius 3 is 2.09 bits per heavy atom. The first kappa shape index (κ1) is 18.1. The van der Waals surface area contributed by atoms with Crippen LogP contribution < -0.4 is 10.0 Å². The van der Waals surface area contributed by atoms with Crippen molar-refractivity contribution in [2.75, 3.05) is 14.2 Å². The van der Waals surface area contributed by atoms with E-state index < -0.39 is 22.0 Å². The molecule has 7 nitrogen and oxygen atoms in total. The highest BCUT2D eigenvalue weighted by Crippen LogP contribution is 2.14. The summed E-state index contributed by atoms with van der Waals surface area (Å²) in [6.07, 6.45) is 0. The second-order valence-electron chi connectivity index (χ2n) is 4.97. The highest BCUT2D eigenvalue weighted by atomic mass is 32.2. The molecule has 0 heterocycles. The first-order valence-electron chi connectivity index (χ1n) is 6.65. The zero-order chi connectivity index (χ0) is 16.9. The van der Waals surface area contributed by atoms with Crippen LogP contribution in [0.5, 0.6) is 0 Å². The van der Waals surface area contributed by atoms with E-state index in [9.17, 15) is 18.0 Å². The maximum absolute atomic E-state index is 12.3. The second kappa shape index (κ2) is 7.37. The number of nitrogens with one attached hydrogen (secondary N) is 2. The Morgan fingerprint density at radius 2 is 1.68 bits per heavy atom. The highest BCUT2D eigenvalue weighted by molar-refractivity contribution is 7.89. The lowest BCUT2D eigenvalue weighted by Gasteiger charge is -2.19. The lowest BCUT2D eigenvalue weighted by Crippen LogP contribution is -2.44. The van der Waals surface area contributed by atoms with Crippen molar-refractivity contribution in [3.63, 3.8) is 0 Å². The normalized spacial score (nSPS) is 12.8. The number of ether oxygens (including phenoxy) is 1. The van der Waals surface area contributed by atoms with Crippen LogP contribution in [0.15, 0.2) is 29.2 Å². The van der Waals surface area contributed by atoms with E-state index in [1.54, 1.807) is 13.8 Å². The van der Waals surface area contributed by atoms with Crippen molar-refractivity contribution in [3.8, 4) is 0 Å². The Morgan fingerprint density at radius 1 is 1.14 bits per heavy atom. The Balaban J connectivity index is 3.03. The number of carbonyl (C=O) groups is 2. The molecule has 1 aromatic rings. The summed E-state index contributed by atoms with van der Waals surface area (Å²) in [5, 5.41) is 2.44. The van der Waals surface area contributed by atoms with Gasteiger partial charge in [0.05, 0.1) is 12.0 Å². The molecular weight excluding hydrogens is 308 g/mol. The molecule has 22 heavy (non-hydrogen) atoms. The predicted octanol–water partition coefficient (Wildman–Crippen LogP) is 0.522. The van der Waals surface area contributed by atoms with Crippen LogP contribution in [0.4, 0.5) is 0 Å². The van der Waals surface area contributed by atoms with Crippen molar-refractivity contribution in [1.29, 1.82) is 0 Å². The van der Waals surface area contributed by atoms with E-state index in [1.165, 1.54) is 38.4 Å².